The largest absolute Gasteiger partial charge is 0.586 e. The molecule has 1 atom stereocenters. The number of hydrogen-bond donors (Lipinski definition) is 1. The van der Waals surface area contributed by atoms with Crippen LogP contribution >= 0.6 is 0 Å². The molecule has 2 aliphatic heterocycles. The van der Waals surface area contributed by atoms with Gasteiger partial charge in [0, 0.05) is 30.6 Å². The molecule has 0 saturated carbocycles. The molecule has 0 fully saturated rings. The molecule has 0 bridgehead atoms. The maximum absolute atomic E-state index is 14.7. The maximum atomic E-state index is 14.7. The van der Waals surface area contributed by atoms with Crippen LogP contribution in [0.4, 0.5) is 13.2 Å². The van der Waals surface area contributed by atoms with Crippen LogP contribution in [0, 0.1) is 5.82 Å². The summed E-state index contributed by atoms with van der Waals surface area (Å²) in [4.78, 5) is 23.0. The highest BCUT2D eigenvalue weighted by molar-refractivity contribution is 6.09. The molecule has 1 amide bonds. The zero-order valence-corrected chi connectivity index (χ0v) is 16.6. The Morgan fingerprint density at radius 3 is 2.44 bits per heavy atom. The number of aromatic nitrogens is 1. The van der Waals surface area contributed by atoms with Gasteiger partial charge in [0.15, 0.2) is 23.0 Å². The Hall–Kier alpha value is -4.08. The maximum Gasteiger partial charge on any atom is 0.586 e. The third kappa shape index (κ3) is 2.87. The molecule has 2 aromatic carbocycles. The molecule has 7 nitrogen and oxygen atoms in total. The second-order valence-corrected chi connectivity index (χ2v) is 7.31. The van der Waals surface area contributed by atoms with Crippen LogP contribution in [-0.4, -0.2) is 35.1 Å². The van der Waals surface area contributed by atoms with Crippen molar-refractivity contribution < 1.29 is 27.4 Å². The molecule has 0 saturated heterocycles. The van der Waals surface area contributed by atoms with E-state index in [-0.39, 0.29) is 28.6 Å². The van der Waals surface area contributed by atoms with Crippen LogP contribution in [0.1, 0.15) is 11.1 Å². The van der Waals surface area contributed by atoms with Gasteiger partial charge in [0.25, 0.3) is 5.91 Å². The van der Waals surface area contributed by atoms with Crippen LogP contribution in [0.3, 0.4) is 0 Å². The second kappa shape index (κ2) is 6.71. The third-order valence-corrected chi connectivity index (χ3v) is 5.42. The molecule has 32 heavy (non-hydrogen) atoms. The number of amides is 1. The zero-order chi connectivity index (χ0) is 22.7. The van der Waals surface area contributed by atoms with Crippen LogP contribution in [0.5, 0.6) is 11.5 Å². The van der Waals surface area contributed by atoms with Gasteiger partial charge in [-0.3, -0.25) is 14.7 Å². The van der Waals surface area contributed by atoms with Gasteiger partial charge >= 0.3 is 6.29 Å². The van der Waals surface area contributed by atoms with E-state index >= 15 is 0 Å². The summed E-state index contributed by atoms with van der Waals surface area (Å²) in [6.07, 6.45) is -0.788. The number of carbonyl (C=O) groups excluding carboxylic acids is 1. The van der Waals surface area contributed by atoms with Crippen LogP contribution in [0.2, 0.25) is 0 Å². The van der Waals surface area contributed by atoms with Gasteiger partial charge in [-0.15, -0.1) is 8.78 Å². The minimum absolute atomic E-state index is 0.0785. The van der Waals surface area contributed by atoms with E-state index < -0.39 is 23.6 Å². The number of nitrogens with two attached hydrogens (primary N) is 1. The summed E-state index contributed by atoms with van der Waals surface area (Å²) < 4.78 is 50.7. The van der Waals surface area contributed by atoms with E-state index in [1.54, 1.807) is 18.3 Å². The quantitative estimate of drug-likeness (QED) is 0.676. The predicted molar refractivity (Wildman–Crippen MR) is 107 cm³/mol. The van der Waals surface area contributed by atoms with Gasteiger partial charge in [0.1, 0.15) is 5.82 Å². The summed E-state index contributed by atoms with van der Waals surface area (Å²) in [5.41, 5.74) is 5.39. The van der Waals surface area contributed by atoms with E-state index in [1.807, 2.05) is 0 Å². The highest BCUT2D eigenvalue weighted by atomic mass is 19.3. The lowest BCUT2D eigenvalue weighted by molar-refractivity contribution is -0.286. The standard InChI is InChI=1S/C22H15F3N4O3/c1-29-19(30)21(28-20(29)26,14-5-7-17-18(10-14)32-22(24,25)31-17)13-4-6-16(23)15(9-13)12-3-2-8-27-11-12/h2-11H,1H3,(H2,26,28). The number of alkyl halides is 2. The average Bonchev–Trinajstić information content (AvgIpc) is 3.21. The summed E-state index contributed by atoms with van der Waals surface area (Å²) in [5, 5.41) is 0. The molecule has 2 N–H and O–H groups in total. The molecule has 2 aliphatic rings. The highest BCUT2D eigenvalue weighted by Crippen LogP contribution is 2.47. The predicted octanol–water partition coefficient (Wildman–Crippen LogP) is 3.24. The van der Waals surface area contributed by atoms with Crippen molar-refractivity contribution in [3.8, 4) is 22.6 Å². The van der Waals surface area contributed by atoms with E-state index in [2.05, 4.69) is 19.5 Å². The van der Waals surface area contributed by atoms with Crippen LogP contribution < -0.4 is 15.2 Å². The molecule has 10 heteroatoms. The van der Waals surface area contributed by atoms with E-state index in [0.29, 0.717) is 11.1 Å². The molecule has 5 rings (SSSR count). The number of likely N-dealkylation sites (N-methyl/N-ethyl adjacent to an activating group) is 1. The number of aliphatic imine (C=N–C) groups is 1. The smallest absolute Gasteiger partial charge is 0.395 e. The number of fused-ring (bicyclic) bond motifs is 1. The third-order valence-electron chi connectivity index (χ3n) is 5.42. The lowest BCUT2D eigenvalue weighted by Crippen LogP contribution is -2.41. The summed E-state index contributed by atoms with van der Waals surface area (Å²) in [6.45, 7) is 0. The SMILES string of the molecule is CN1C(=O)C(c2ccc3c(c2)OC(F)(F)O3)(c2ccc(F)c(-c3cccnc3)c2)N=C1N. The first kappa shape index (κ1) is 19.9. The van der Waals surface area contributed by atoms with Crippen LogP contribution in [0.15, 0.2) is 65.9 Å². The lowest BCUT2D eigenvalue weighted by Gasteiger charge is -2.26. The number of hydrogen-bond acceptors (Lipinski definition) is 6. The van der Waals surface area contributed by atoms with E-state index in [9.17, 15) is 18.0 Å². The Morgan fingerprint density at radius 1 is 1.03 bits per heavy atom. The fourth-order valence-corrected chi connectivity index (χ4v) is 3.85. The van der Waals surface area contributed by atoms with Crippen molar-refractivity contribution in [2.24, 2.45) is 10.7 Å². The zero-order valence-electron chi connectivity index (χ0n) is 16.6. The number of benzene rings is 2. The molecule has 0 aliphatic carbocycles. The summed E-state index contributed by atoms with van der Waals surface area (Å²) in [6, 6.07) is 11.3. The number of ether oxygens (including phenoxy) is 2. The highest BCUT2D eigenvalue weighted by Gasteiger charge is 2.51. The van der Waals surface area contributed by atoms with E-state index in [1.165, 1.54) is 49.6 Å². The van der Waals surface area contributed by atoms with Gasteiger partial charge < -0.3 is 15.2 Å². The Labute approximate surface area is 179 Å². The van der Waals surface area contributed by atoms with Crippen LogP contribution in [0.25, 0.3) is 11.1 Å². The molecule has 3 heterocycles. The van der Waals surface area contributed by atoms with Gasteiger partial charge in [0.2, 0.25) is 0 Å². The molecule has 3 aromatic rings. The number of carbonyl (C=O) groups is 1. The Kier molecular flexibility index (Phi) is 4.16. The minimum Gasteiger partial charge on any atom is -0.395 e. The molecule has 1 aromatic heterocycles. The van der Waals surface area contributed by atoms with Gasteiger partial charge in [-0.25, -0.2) is 9.38 Å². The van der Waals surface area contributed by atoms with Crippen molar-refractivity contribution in [3.63, 3.8) is 0 Å². The number of halogens is 3. The van der Waals surface area contributed by atoms with Crippen LogP contribution in [-0.2, 0) is 10.3 Å². The van der Waals surface area contributed by atoms with Crippen molar-refractivity contribution in [3.05, 3.63) is 77.9 Å². The average molecular weight is 440 g/mol. The molecular formula is C22H15F3N4O3. The van der Waals surface area contributed by atoms with Crippen molar-refractivity contribution >= 4 is 11.9 Å². The molecule has 0 spiro atoms. The Balaban J connectivity index is 1.72. The van der Waals surface area contributed by atoms with Gasteiger partial charge in [-0.05, 0) is 41.5 Å². The number of nitrogens with zero attached hydrogens (tertiary/aromatic N) is 3. The first-order chi connectivity index (χ1) is 15.2. The van der Waals surface area contributed by atoms with Crippen molar-refractivity contribution in [1.82, 2.24) is 9.88 Å². The van der Waals surface area contributed by atoms with Gasteiger partial charge in [-0.2, -0.15) is 0 Å². The van der Waals surface area contributed by atoms with Gasteiger partial charge in [0.05, 0.1) is 0 Å². The second-order valence-electron chi connectivity index (χ2n) is 7.31. The summed E-state index contributed by atoms with van der Waals surface area (Å²) in [5.74, 6) is -1.58. The van der Waals surface area contributed by atoms with E-state index in [4.69, 9.17) is 5.73 Å². The van der Waals surface area contributed by atoms with Crippen molar-refractivity contribution in [1.29, 1.82) is 0 Å². The molecular weight excluding hydrogens is 425 g/mol. The number of pyridine rings is 1. The fourth-order valence-electron chi connectivity index (χ4n) is 3.85. The minimum atomic E-state index is -3.82. The first-order valence-electron chi connectivity index (χ1n) is 9.45. The van der Waals surface area contributed by atoms with Crippen molar-refractivity contribution in [2.45, 2.75) is 11.8 Å². The normalized spacial score (nSPS) is 21.1. The summed E-state index contributed by atoms with van der Waals surface area (Å²) >= 11 is 0. The summed E-state index contributed by atoms with van der Waals surface area (Å²) in [7, 11) is 1.44. The van der Waals surface area contributed by atoms with Gasteiger partial charge in [-0.1, -0.05) is 18.2 Å². The topological polar surface area (TPSA) is 90.0 Å². The monoisotopic (exact) mass is 440 g/mol. The number of guanidine groups is 1. The Morgan fingerprint density at radius 2 is 1.75 bits per heavy atom. The molecule has 0 radical (unpaired) electrons. The molecule has 162 valence electrons. The Bertz CT molecular complexity index is 1280. The van der Waals surface area contributed by atoms with Crippen molar-refractivity contribution in [2.75, 3.05) is 7.05 Å². The fraction of sp³-hybridized carbons (Fsp3) is 0.136. The number of rotatable bonds is 3. The first-order valence-corrected chi connectivity index (χ1v) is 9.45. The molecule has 1 unspecified atom stereocenters. The lowest BCUT2D eigenvalue weighted by atomic mass is 9.81. The van der Waals surface area contributed by atoms with E-state index in [0.717, 1.165) is 4.90 Å².